The highest BCUT2D eigenvalue weighted by Gasteiger charge is 2.09. The van der Waals surface area contributed by atoms with E-state index in [0.717, 1.165) is 22.5 Å². The number of aromatic nitrogens is 2. The Morgan fingerprint density at radius 1 is 1.28 bits per heavy atom. The third kappa shape index (κ3) is 2.27. The zero-order valence-corrected chi connectivity index (χ0v) is 10.6. The van der Waals surface area contributed by atoms with Crippen molar-refractivity contribution >= 4 is 0 Å². The van der Waals surface area contributed by atoms with E-state index >= 15 is 0 Å². The fourth-order valence-corrected chi connectivity index (χ4v) is 2.04. The van der Waals surface area contributed by atoms with Crippen molar-refractivity contribution < 1.29 is 0 Å². The van der Waals surface area contributed by atoms with Crippen LogP contribution in [0.2, 0.25) is 0 Å². The van der Waals surface area contributed by atoms with Crippen LogP contribution in [-0.4, -0.2) is 9.78 Å². The highest BCUT2D eigenvalue weighted by molar-refractivity contribution is 5.32. The van der Waals surface area contributed by atoms with Gasteiger partial charge in [0.25, 0.3) is 0 Å². The summed E-state index contributed by atoms with van der Waals surface area (Å²) in [6.07, 6.45) is 0. The summed E-state index contributed by atoms with van der Waals surface area (Å²) in [5.41, 5.74) is 10.7. The number of hydrogen-bond acceptors (Lipinski definition) is 3. The van der Waals surface area contributed by atoms with Gasteiger partial charge in [0.1, 0.15) is 0 Å². The fourth-order valence-electron chi connectivity index (χ4n) is 2.04. The number of nitrogens with zero attached hydrogens (tertiary/aromatic N) is 3. The average Bonchev–Trinajstić information content (AvgIpc) is 2.65. The maximum atomic E-state index is 8.75. The average molecular weight is 240 g/mol. The summed E-state index contributed by atoms with van der Waals surface area (Å²) in [4.78, 5) is 0. The highest BCUT2D eigenvalue weighted by atomic mass is 15.3. The van der Waals surface area contributed by atoms with Crippen molar-refractivity contribution in [1.82, 2.24) is 9.78 Å². The Balaban J connectivity index is 2.26. The summed E-state index contributed by atoms with van der Waals surface area (Å²) in [7, 11) is 0. The van der Waals surface area contributed by atoms with Gasteiger partial charge in [-0.3, -0.25) is 4.68 Å². The molecule has 1 heterocycles. The van der Waals surface area contributed by atoms with Gasteiger partial charge in [0, 0.05) is 17.8 Å². The molecule has 0 aliphatic rings. The molecule has 0 aliphatic carbocycles. The molecule has 2 aromatic rings. The summed E-state index contributed by atoms with van der Waals surface area (Å²) < 4.78 is 1.96. The quantitative estimate of drug-likeness (QED) is 0.890. The molecule has 2 rings (SSSR count). The molecule has 0 spiro atoms. The molecule has 0 aliphatic heterocycles. The zero-order chi connectivity index (χ0) is 13.1. The third-order valence-electron chi connectivity index (χ3n) is 3.15. The second-order valence-electron chi connectivity index (χ2n) is 4.32. The van der Waals surface area contributed by atoms with E-state index in [9.17, 15) is 0 Å². The molecule has 0 radical (unpaired) electrons. The van der Waals surface area contributed by atoms with Crippen LogP contribution >= 0.6 is 0 Å². The first-order valence-electron chi connectivity index (χ1n) is 5.87. The summed E-state index contributed by atoms with van der Waals surface area (Å²) in [5.74, 6) is 0. The van der Waals surface area contributed by atoms with E-state index in [0.29, 0.717) is 18.7 Å². The molecule has 2 N–H and O–H groups in total. The second-order valence-corrected chi connectivity index (χ2v) is 4.32. The van der Waals surface area contributed by atoms with E-state index in [4.69, 9.17) is 11.0 Å². The summed E-state index contributed by atoms with van der Waals surface area (Å²) in [6, 6.07) is 9.67. The van der Waals surface area contributed by atoms with Crippen LogP contribution in [0.1, 0.15) is 28.1 Å². The van der Waals surface area contributed by atoms with E-state index in [1.54, 1.807) is 0 Å². The highest BCUT2D eigenvalue weighted by Crippen LogP contribution is 2.14. The van der Waals surface area contributed by atoms with Crippen molar-refractivity contribution in [1.29, 1.82) is 5.26 Å². The molecule has 1 aromatic carbocycles. The van der Waals surface area contributed by atoms with Crippen LogP contribution in [-0.2, 0) is 13.1 Å². The van der Waals surface area contributed by atoms with Crippen LogP contribution in [0.15, 0.2) is 24.3 Å². The number of rotatable bonds is 3. The first kappa shape index (κ1) is 12.3. The van der Waals surface area contributed by atoms with E-state index in [2.05, 4.69) is 11.2 Å². The van der Waals surface area contributed by atoms with Gasteiger partial charge >= 0.3 is 0 Å². The number of hydrogen-bond donors (Lipinski definition) is 1. The van der Waals surface area contributed by atoms with Gasteiger partial charge in [-0.25, -0.2) is 0 Å². The molecule has 1 aromatic heterocycles. The fraction of sp³-hybridized carbons (Fsp3) is 0.286. The Bertz CT molecular complexity index is 587. The number of benzene rings is 1. The van der Waals surface area contributed by atoms with Gasteiger partial charge in [-0.1, -0.05) is 12.1 Å². The van der Waals surface area contributed by atoms with Crippen molar-refractivity contribution in [3.63, 3.8) is 0 Å². The van der Waals surface area contributed by atoms with Gasteiger partial charge in [0.15, 0.2) is 0 Å². The molecule has 0 unspecified atom stereocenters. The lowest BCUT2D eigenvalue weighted by atomic mass is 10.1. The molecule has 0 saturated heterocycles. The molecule has 18 heavy (non-hydrogen) atoms. The van der Waals surface area contributed by atoms with Gasteiger partial charge in [-0.05, 0) is 31.5 Å². The van der Waals surface area contributed by atoms with Crippen molar-refractivity contribution in [2.45, 2.75) is 26.9 Å². The third-order valence-corrected chi connectivity index (χ3v) is 3.15. The van der Waals surface area contributed by atoms with Gasteiger partial charge in [0.2, 0.25) is 0 Å². The SMILES string of the molecule is Cc1nn(Cc2ccc(C#N)cc2)c(C)c1CN. The largest absolute Gasteiger partial charge is 0.326 e. The topological polar surface area (TPSA) is 67.6 Å². The van der Waals surface area contributed by atoms with Crippen molar-refractivity contribution in [3.8, 4) is 6.07 Å². The van der Waals surface area contributed by atoms with Crippen LogP contribution < -0.4 is 5.73 Å². The monoisotopic (exact) mass is 240 g/mol. The number of nitriles is 1. The van der Waals surface area contributed by atoms with Crippen LogP contribution in [0, 0.1) is 25.2 Å². The molecule has 0 amide bonds. The van der Waals surface area contributed by atoms with E-state index in [1.165, 1.54) is 0 Å². The van der Waals surface area contributed by atoms with E-state index < -0.39 is 0 Å². The molecular weight excluding hydrogens is 224 g/mol. The van der Waals surface area contributed by atoms with Gasteiger partial charge in [-0.2, -0.15) is 10.4 Å². The predicted octanol–water partition coefficient (Wildman–Crippen LogP) is 1.88. The molecule has 4 nitrogen and oxygen atoms in total. The standard InChI is InChI=1S/C14H16N4/c1-10-14(8-16)11(2)18(17-10)9-13-5-3-12(7-15)4-6-13/h3-6H,8-9,16H2,1-2H3. The van der Waals surface area contributed by atoms with Gasteiger partial charge in [-0.15, -0.1) is 0 Å². The minimum atomic E-state index is 0.519. The van der Waals surface area contributed by atoms with Crippen molar-refractivity contribution in [2.75, 3.05) is 0 Å². The minimum Gasteiger partial charge on any atom is -0.326 e. The van der Waals surface area contributed by atoms with Crippen LogP contribution in [0.4, 0.5) is 0 Å². The number of nitrogens with two attached hydrogens (primary N) is 1. The van der Waals surface area contributed by atoms with Crippen LogP contribution in [0.5, 0.6) is 0 Å². The van der Waals surface area contributed by atoms with Gasteiger partial charge < -0.3 is 5.73 Å². The van der Waals surface area contributed by atoms with Crippen molar-refractivity contribution in [2.24, 2.45) is 5.73 Å². The molecule has 0 fully saturated rings. The lowest BCUT2D eigenvalue weighted by Gasteiger charge is -2.05. The number of aryl methyl sites for hydroxylation is 1. The Kier molecular flexibility index (Phi) is 3.45. The predicted molar refractivity (Wildman–Crippen MR) is 69.9 cm³/mol. The Labute approximate surface area is 107 Å². The molecule has 0 saturated carbocycles. The normalized spacial score (nSPS) is 10.3. The summed E-state index contributed by atoms with van der Waals surface area (Å²) in [5, 5.41) is 13.2. The molecule has 92 valence electrons. The molecular formula is C14H16N4. The lowest BCUT2D eigenvalue weighted by Crippen LogP contribution is -2.05. The van der Waals surface area contributed by atoms with E-state index in [1.807, 2.05) is 42.8 Å². The van der Waals surface area contributed by atoms with E-state index in [-0.39, 0.29) is 0 Å². The summed E-state index contributed by atoms with van der Waals surface area (Å²) in [6.45, 7) is 5.24. The maximum absolute atomic E-state index is 8.75. The molecule has 0 bridgehead atoms. The van der Waals surface area contributed by atoms with Gasteiger partial charge in [0.05, 0.1) is 23.9 Å². The summed E-state index contributed by atoms with van der Waals surface area (Å²) >= 11 is 0. The Hall–Kier alpha value is -2.12. The molecule has 4 heteroatoms. The lowest BCUT2D eigenvalue weighted by molar-refractivity contribution is 0.658. The Morgan fingerprint density at radius 3 is 2.44 bits per heavy atom. The maximum Gasteiger partial charge on any atom is 0.0991 e. The first-order chi connectivity index (χ1) is 8.65. The molecule has 0 atom stereocenters. The Morgan fingerprint density at radius 2 is 1.94 bits per heavy atom. The first-order valence-corrected chi connectivity index (χ1v) is 5.87. The minimum absolute atomic E-state index is 0.519. The van der Waals surface area contributed by atoms with Crippen molar-refractivity contribution in [3.05, 3.63) is 52.3 Å². The second kappa shape index (κ2) is 5.03. The zero-order valence-electron chi connectivity index (χ0n) is 10.6. The van der Waals surface area contributed by atoms with Crippen LogP contribution in [0.3, 0.4) is 0 Å². The smallest absolute Gasteiger partial charge is 0.0991 e. The van der Waals surface area contributed by atoms with Crippen LogP contribution in [0.25, 0.3) is 0 Å².